The molecule has 0 aliphatic heterocycles. The number of nitro benzene ring substituents is 1. The molecule has 8 heteroatoms. The quantitative estimate of drug-likeness (QED) is 0.613. The number of benzene rings is 1. The summed E-state index contributed by atoms with van der Waals surface area (Å²) in [6.45, 7) is 2.63. The number of aliphatic hydroxyl groups excluding tert-OH is 1. The number of likely N-dealkylation sites (N-methyl/N-ethyl adjacent to an activating group) is 1. The van der Waals surface area contributed by atoms with Crippen molar-refractivity contribution in [2.45, 2.75) is 26.0 Å². The SMILES string of the molecule is CCc1noc(CN(C)C[C@@H](O)c2cccc([N+](=O)[O-])c2)n1. The van der Waals surface area contributed by atoms with Crippen molar-refractivity contribution in [3.63, 3.8) is 0 Å². The average molecular weight is 306 g/mol. The van der Waals surface area contributed by atoms with E-state index in [1.54, 1.807) is 19.2 Å². The Bertz CT molecular complexity index is 643. The highest BCUT2D eigenvalue weighted by Crippen LogP contribution is 2.20. The zero-order chi connectivity index (χ0) is 16.1. The van der Waals surface area contributed by atoms with Crippen LogP contribution in [0, 0.1) is 10.1 Å². The molecule has 2 rings (SSSR count). The first-order valence-corrected chi connectivity index (χ1v) is 6.92. The maximum Gasteiger partial charge on any atom is 0.269 e. The molecule has 0 aliphatic rings. The monoisotopic (exact) mass is 306 g/mol. The Balaban J connectivity index is 1.97. The zero-order valence-corrected chi connectivity index (χ0v) is 12.5. The van der Waals surface area contributed by atoms with E-state index < -0.39 is 11.0 Å². The Morgan fingerprint density at radius 3 is 2.91 bits per heavy atom. The highest BCUT2D eigenvalue weighted by Gasteiger charge is 2.16. The first-order valence-electron chi connectivity index (χ1n) is 6.92. The van der Waals surface area contributed by atoms with Gasteiger partial charge in [-0.1, -0.05) is 24.2 Å². The number of aromatic nitrogens is 2. The molecule has 0 saturated heterocycles. The van der Waals surface area contributed by atoms with Gasteiger partial charge >= 0.3 is 0 Å². The van der Waals surface area contributed by atoms with Crippen LogP contribution in [0.2, 0.25) is 0 Å². The largest absolute Gasteiger partial charge is 0.387 e. The van der Waals surface area contributed by atoms with E-state index in [9.17, 15) is 15.2 Å². The summed E-state index contributed by atoms with van der Waals surface area (Å²) in [7, 11) is 1.80. The Kier molecular flexibility index (Phi) is 5.18. The van der Waals surface area contributed by atoms with Gasteiger partial charge in [0.2, 0.25) is 5.89 Å². The maximum absolute atomic E-state index is 10.8. The molecule has 0 bridgehead atoms. The highest BCUT2D eigenvalue weighted by molar-refractivity contribution is 5.35. The predicted octanol–water partition coefficient (Wildman–Crippen LogP) is 1.71. The molecule has 0 saturated carbocycles. The summed E-state index contributed by atoms with van der Waals surface area (Å²) in [6.07, 6.45) is -0.137. The Morgan fingerprint density at radius 1 is 1.50 bits per heavy atom. The summed E-state index contributed by atoms with van der Waals surface area (Å²) in [5.74, 6) is 1.12. The van der Waals surface area contributed by atoms with Crippen molar-refractivity contribution in [2.24, 2.45) is 0 Å². The molecule has 0 radical (unpaired) electrons. The first kappa shape index (κ1) is 16.1. The Labute approximate surface area is 127 Å². The van der Waals surface area contributed by atoms with E-state index in [0.29, 0.717) is 36.8 Å². The lowest BCUT2D eigenvalue weighted by Crippen LogP contribution is -2.24. The van der Waals surface area contributed by atoms with Gasteiger partial charge in [0.1, 0.15) is 0 Å². The van der Waals surface area contributed by atoms with Gasteiger partial charge in [-0.2, -0.15) is 4.98 Å². The van der Waals surface area contributed by atoms with Gasteiger partial charge in [-0.05, 0) is 12.6 Å². The molecule has 0 amide bonds. The lowest BCUT2D eigenvalue weighted by atomic mass is 10.1. The van der Waals surface area contributed by atoms with E-state index in [1.807, 2.05) is 11.8 Å². The van der Waals surface area contributed by atoms with Gasteiger partial charge in [-0.3, -0.25) is 15.0 Å². The standard InChI is InChI=1S/C14H18N4O4/c1-3-13-15-14(22-16-13)9-17(2)8-12(19)10-5-4-6-11(7-10)18(20)21/h4-7,12,19H,3,8-9H2,1-2H3/t12-/m1/s1. The van der Waals surface area contributed by atoms with Crippen LogP contribution in [0.25, 0.3) is 0 Å². The third-order valence-electron chi connectivity index (χ3n) is 3.18. The summed E-state index contributed by atoms with van der Waals surface area (Å²) in [5.41, 5.74) is 0.463. The molecule has 0 spiro atoms. The van der Waals surface area contributed by atoms with Gasteiger partial charge in [0.15, 0.2) is 5.82 Å². The lowest BCUT2D eigenvalue weighted by molar-refractivity contribution is -0.385. The topological polar surface area (TPSA) is 106 Å². The van der Waals surface area contributed by atoms with Crippen molar-refractivity contribution in [1.82, 2.24) is 15.0 Å². The lowest BCUT2D eigenvalue weighted by Gasteiger charge is -2.19. The van der Waals surface area contributed by atoms with E-state index in [0.717, 1.165) is 0 Å². The molecular weight excluding hydrogens is 288 g/mol. The molecule has 1 aromatic heterocycles. The summed E-state index contributed by atoms with van der Waals surface area (Å²) in [5, 5.41) is 24.8. The number of nitrogens with zero attached hydrogens (tertiary/aromatic N) is 4. The summed E-state index contributed by atoms with van der Waals surface area (Å²) in [6, 6.07) is 5.99. The van der Waals surface area contributed by atoms with Gasteiger partial charge in [0, 0.05) is 25.1 Å². The molecular formula is C14H18N4O4. The van der Waals surface area contributed by atoms with Gasteiger partial charge in [-0.25, -0.2) is 0 Å². The fourth-order valence-corrected chi connectivity index (χ4v) is 2.04. The van der Waals surface area contributed by atoms with Crippen LogP contribution < -0.4 is 0 Å². The van der Waals surface area contributed by atoms with Crippen LogP contribution in [0.15, 0.2) is 28.8 Å². The second-order valence-electron chi connectivity index (χ2n) is 5.02. The highest BCUT2D eigenvalue weighted by atomic mass is 16.6. The molecule has 1 heterocycles. The van der Waals surface area contributed by atoms with Crippen LogP contribution in [-0.2, 0) is 13.0 Å². The fraction of sp³-hybridized carbons (Fsp3) is 0.429. The van der Waals surface area contributed by atoms with Gasteiger partial charge in [0.25, 0.3) is 5.69 Å². The number of aliphatic hydroxyl groups is 1. The summed E-state index contributed by atoms with van der Waals surface area (Å²) < 4.78 is 5.09. The van der Waals surface area contributed by atoms with E-state index in [2.05, 4.69) is 10.1 Å². The van der Waals surface area contributed by atoms with E-state index >= 15 is 0 Å². The Morgan fingerprint density at radius 2 is 2.27 bits per heavy atom. The van der Waals surface area contributed by atoms with Gasteiger partial charge in [-0.15, -0.1) is 0 Å². The first-order chi connectivity index (χ1) is 10.5. The minimum absolute atomic E-state index is 0.0382. The van der Waals surface area contributed by atoms with Crippen LogP contribution in [0.3, 0.4) is 0 Å². The number of non-ortho nitro benzene ring substituents is 1. The average Bonchev–Trinajstić information content (AvgIpc) is 2.94. The number of nitro groups is 1. The predicted molar refractivity (Wildman–Crippen MR) is 78.1 cm³/mol. The van der Waals surface area contributed by atoms with Crippen LogP contribution in [0.4, 0.5) is 5.69 Å². The molecule has 2 aromatic rings. The van der Waals surface area contributed by atoms with Crippen molar-refractivity contribution < 1.29 is 14.6 Å². The zero-order valence-electron chi connectivity index (χ0n) is 12.5. The van der Waals surface area contributed by atoms with Gasteiger partial charge < -0.3 is 9.63 Å². The van der Waals surface area contributed by atoms with Crippen molar-refractivity contribution in [3.05, 3.63) is 51.7 Å². The molecule has 1 N–H and O–H groups in total. The molecule has 1 atom stereocenters. The number of rotatable bonds is 7. The van der Waals surface area contributed by atoms with Crippen LogP contribution in [0.1, 0.15) is 30.3 Å². The van der Waals surface area contributed by atoms with E-state index in [4.69, 9.17) is 4.52 Å². The third-order valence-corrected chi connectivity index (χ3v) is 3.18. The van der Waals surface area contributed by atoms with Crippen molar-refractivity contribution in [3.8, 4) is 0 Å². The fourth-order valence-electron chi connectivity index (χ4n) is 2.04. The molecule has 8 nitrogen and oxygen atoms in total. The van der Waals surface area contributed by atoms with E-state index in [-0.39, 0.29) is 5.69 Å². The molecule has 22 heavy (non-hydrogen) atoms. The van der Waals surface area contributed by atoms with Crippen LogP contribution in [-0.4, -0.2) is 38.7 Å². The maximum atomic E-state index is 10.8. The minimum atomic E-state index is -0.835. The summed E-state index contributed by atoms with van der Waals surface area (Å²) >= 11 is 0. The molecule has 1 aromatic carbocycles. The van der Waals surface area contributed by atoms with Crippen LogP contribution in [0.5, 0.6) is 0 Å². The minimum Gasteiger partial charge on any atom is -0.387 e. The van der Waals surface area contributed by atoms with Gasteiger partial charge in [0.05, 0.1) is 17.6 Å². The van der Waals surface area contributed by atoms with Crippen molar-refractivity contribution in [1.29, 1.82) is 0 Å². The molecule has 118 valence electrons. The normalized spacial score (nSPS) is 12.5. The number of hydrogen-bond acceptors (Lipinski definition) is 7. The second-order valence-corrected chi connectivity index (χ2v) is 5.02. The second kappa shape index (κ2) is 7.10. The Hall–Kier alpha value is -2.32. The molecule has 0 unspecified atom stereocenters. The summed E-state index contributed by atoms with van der Waals surface area (Å²) in [4.78, 5) is 16.3. The van der Waals surface area contributed by atoms with Crippen molar-refractivity contribution in [2.75, 3.05) is 13.6 Å². The third kappa shape index (κ3) is 4.09. The number of hydrogen-bond donors (Lipinski definition) is 1. The smallest absolute Gasteiger partial charge is 0.269 e. The van der Waals surface area contributed by atoms with Crippen LogP contribution >= 0.6 is 0 Å². The van der Waals surface area contributed by atoms with E-state index in [1.165, 1.54) is 12.1 Å². The van der Waals surface area contributed by atoms with Crippen molar-refractivity contribution >= 4 is 5.69 Å². The molecule has 0 fully saturated rings. The number of aryl methyl sites for hydroxylation is 1. The molecule has 0 aliphatic carbocycles.